The topological polar surface area (TPSA) is 16.1 Å². The highest BCUT2D eigenvalue weighted by Crippen LogP contribution is 2.18. The first-order valence-electron chi connectivity index (χ1n) is 6.15. The number of piperidine rings is 1. The van der Waals surface area contributed by atoms with E-state index in [-0.39, 0.29) is 0 Å². The van der Waals surface area contributed by atoms with Crippen molar-refractivity contribution in [3.05, 3.63) is 40.6 Å². The highest BCUT2D eigenvalue weighted by atomic mass is 32.1. The van der Waals surface area contributed by atoms with Gasteiger partial charge in [0, 0.05) is 23.8 Å². The first-order chi connectivity index (χ1) is 8.43. The fourth-order valence-corrected chi connectivity index (χ4v) is 3.05. The molecular formula is C14H16NOS+. The lowest BCUT2D eigenvalue weighted by atomic mass is 10.2. The molecule has 0 amide bonds. The predicted molar refractivity (Wildman–Crippen MR) is 70.9 cm³/mol. The molecule has 0 N–H and O–H groups in total. The highest BCUT2D eigenvalue weighted by Gasteiger charge is 2.15. The van der Waals surface area contributed by atoms with Crippen LogP contribution < -0.4 is 9.44 Å². The van der Waals surface area contributed by atoms with Crippen molar-refractivity contribution in [1.82, 2.24) is 4.58 Å². The third kappa shape index (κ3) is 2.34. The molecule has 88 valence electrons. The van der Waals surface area contributed by atoms with E-state index in [9.17, 15) is 0 Å². The van der Waals surface area contributed by atoms with Crippen LogP contribution in [0.5, 0.6) is 0 Å². The van der Waals surface area contributed by atoms with Gasteiger partial charge in [0.25, 0.3) is 0 Å². The first-order valence-corrected chi connectivity index (χ1v) is 7.03. The van der Waals surface area contributed by atoms with Crippen LogP contribution in [0.15, 0.2) is 40.1 Å². The van der Waals surface area contributed by atoms with Crippen LogP contribution in [0.1, 0.15) is 19.3 Å². The van der Waals surface area contributed by atoms with Crippen LogP contribution in [0.4, 0.5) is 0 Å². The van der Waals surface area contributed by atoms with E-state index in [1.54, 1.807) is 11.3 Å². The van der Waals surface area contributed by atoms with Crippen molar-refractivity contribution in [1.29, 1.82) is 0 Å². The molecule has 0 bridgehead atoms. The maximum atomic E-state index is 5.95. The Labute approximate surface area is 105 Å². The molecular weight excluding hydrogens is 230 g/mol. The fraction of sp³-hybridized carbons (Fsp3) is 0.357. The molecule has 0 saturated carbocycles. The maximum Gasteiger partial charge on any atom is 0.430 e. The molecule has 1 saturated heterocycles. The lowest BCUT2D eigenvalue weighted by molar-refractivity contribution is 0.393. The molecule has 17 heavy (non-hydrogen) atoms. The summed E-state index contributed by atoms with van der Waals surface area (Å²) in [6, 6.07) is 10.3. The number of hydrogen-bond donors (Lipinski definition) is 0. The SMILES string of the molecule is c1ccc(-c2csc(=[N+]3CCCCC3)o2)cc1. The summed E-state index contributed by atoms with van der Waals surface area (Å²) in [5.41, 5.74) is 1.16. The Kier molecular flexibility index (Phi) is 3.10. The number of benzene rings is 1. The van der Waals surface area contributed by atoms with Crippen LogP contribution in [0.3, 0.4) is 0 Å². The summed E-state index contributed by atoms with van der Waals surface area (Å²) in [6.45, 7) is 2.27. The molecule has 1 aliphatic heterocycles. The summed E-state index contributed by atoms with van der Waals surface area (Å²) in [4.78, 5) is 1.06. The van der Waals surface area contributed by atoms with Crippen LogP contribution in [-0.4, -0.2) is 13.1 Å². The summed E-state index contributed by atoms with van der Waals surface area (Å²) >= 11 is 1.71. The van der Waals surface area contributed by atoms with Gasteiger partial charge in [-0.05, 0) is 17.8 Å². The van der Waals surface area contributed by atoms with Gasteiger partial charge in [-0.1, -0.05) is 30.3 Å². The second-order valence-electron chi connectivity index (χ2n) is 4.38. The van der Waals surface area contributed by atoms with Crippen molar-refractivity contribution in [3.8, 4) is 11.3 Å². The number of hydrogen-bond acceptors (Lipinski definition) is 2. The second kappa shape index (κ2) is 4.88. The Hall–Kier alpha value is -1.35. The monoisotopic (exact) mass is 246 g/mol. The van der Waals surface area contributed by atoms with E-state index >= 15 is 0 Å². The summed E-state index contributed by atoms with van der Waals surface area (Å²) in [5.74, 6) is 0.983. The molecule has 0 radical (unpaired) electrons. The molecule has 0 atom stereocenters. The Balaban J connectivity index is 1.98. The van der Waals surface area contributed by atoms with Crippen LogP contribution >= 0.6 is 11.3 Å². The van der Waals surface area contributed by atoms with Gasteiger partial charge in [0.1, 0.15) is 13.1 Å². The van der Waals surface area contributed by atoms with Crippen molar-refractivity contribution in [3.63, 3.8) is 0 Å². The van der Waals surface area contributed by atoms with E-state index in [4.69, 9.17) is 4.42 Å². The van der Waals surface area contributed by atoms with E-state index in [1.165, 1.54) is 19.3 Å². The Morgan fingerprint density at radius 3 is 2.53 bits per heavy atom. The van der Waals surface area contributed by atoms with Gasteiger partial charge in [-0.15, -0.1) is 0 Å². The molecule has 0 unspecified atom stereocenters. The average Bonchev–Trinajstić information content (AvgIpc) is 2.90. The van der Waals surface area contributed by atoms with Crippen LogP contribution in [0.2, 0.25) is 0 Å². The zero-order valence-electron chi connectivity index (χ0n) is 9.76. The molecule has 2 aromatic rings. The minimum atomic E-state index is 0.983. The molecule has 2 heterocycles. The Morgan fingerprint density at radius 1 is 1.00 bits per heavy atom. The highest BCUT2D eigenvalue weighted by molar-refractivity contribution is 7.07. The van der Waals surface area contributed by atoms with E-state index in [2.05, 4.69) is 22.1 Å². The van der Waals surface area contributed by atoms with Crippen molar-refractivity contribution in [2.45, 2.75) is 19.3 Å². The quantitative estimate of drug-likeness (QED) is 0.707. The first kappa shape index (κ1) is 10.8. The third-order valence-corrected chi connectivity index (χ3v) is 4.01. The van der Waals surface area contributed by atoms with Gasteiger partial charge in [-0.3, -0.25) is 0 Å². The van der Waals surface area contributed by atoms with Gasteiger partial charge < -0.3 is 4.42 Å². The van der Waals surface area contributed by atoms with E-state index in [0.717, 1.165) is 29.3 Å². The van der Waals surface area contributed by atoms with Crippen molar-refractivity contribution in [2.24, 2.45) is 0 Å². The molecule has 0 spiro atoms. The molecule has 3 heteroatoms. The van der Waals surface area contributed by atoms with E-state index in [0.29, 0.717) is 0 Å². The van der Waals surface area contributed by atoms with Crippen molar-refractivity contribution >= 4 is 11.3 Å². The van der Waals surface area contributed by atoms with Crippen molar-refractivity contribution in [2.75, 3.05) is 13.1 Å². The summed E-state index contributed by atoms with van der Waals surface area (Å²) in [6.07, 6.45) is 3.93. The minimum Gasteiger partial charge on any atom is -0.396 e. The number of rotatable bonds is 1. The zero-order chi connectivity index (χ0) is 11.5. The molecule has 2 nitrogen and oxygen atoms in total. The van der Waals surface area contributed by atoms with Crippen LogP contribution in [-0.2, 0) is 0 Å². The number of nitrogens with zero attached hydrogens (tertiary/aromatic N) is 1. The summed E-state index contributed by atoms with van der Waals surface area (Å²) in [5, 5.41) is 2.11. The average molecular weight is 246 g/mol. The Morgan fingerprint density at radius 2 is 1.76 bits per heavy atom. The fourth-order valence-electron chi connectivity index (χ4n) is 2.19. The van der Waals surface area contributed by atoms with Crippen molar-refractivity contribution < 1.29 is 4.42 Å². The van der Waals surface area contributed by atoms with E-state index < -0.39 is 0 Å². The largest absolute Gasteiger partial charge is 0.430 e. The minimum absolute atomic E-state index is 0.983. The molecule has 1 aromatic heterocycles. The summed E-state index contributed by atoms with van der Waals surface area (Å²) < 4.78 is 8.32. The lowest BCUT2D eigenvalue weighted by Gasteiger charge is -2.06. The summed E-state index contributed by atoms with van der Waals surface area (Å²) in [7, 11) is 0. The van der Waals surface area contributed by atoms with Gasteiger partial charge in [-0.25, -0.2) is 0 Å². The zero-order valence-corrected chi connectivity index (χ0v) is 10.6. The lowest BCUT2D eigenvalue weighted by Crippen LogP contribution is -2.32. The standard InChI is InChI=1S/C14H16NOS/c1-3-7-12(8-4-1)13-11-17-14(16-13)15-9-5-2-6-10-15/h1,3-4,7-8,11H,2,5-6,9-10H2/q+1. The van der Waals surface area contributed by atoms with Crippen LogP contribution in [0, 0.1) is 0 Å². The van der Waals surface area contributed by atoms with Crippen LogP contribution in [0.25, 0.3) is 11.3 Å². The van der Waals surface area contributed by atoms with Gasteiger partial charge in [0.15, 0.2) is 5.76 Å². The Bertz CT molecular complexity index is 545. The predicted octanol–water partition coefficient (Wildman–Crippen LogP) is 2.96. The van der Waals surface area contributed by atoms with Gasteiger partial charge >= 0.3 is 4.87 Å². The second-order valence-corrected chi connectivity index (χ2v) is 5.20. The van der Waals surface area contributed by atoms with Gasteiger partial charge in [0.2, 0.25) is 0 Å². The van der Waals surface area contributed by atoms with Gasteiger partial charge in [0.05, 0.1) is 0 Å². The van der Waals surface area contributed by atoms with Gasteiger partial charge in [-0.2, -0.15) is 4.58 Å². The molecule has 1 fully saturated rings. The maximum absolute atomic E-state index is 5.95. The molecule has 0 aliphatic carbocycles. The van der Waals surface area contributed by atoms with E-state index in [1.807, 2.05) is 18.2 Å². The molecule has 3 rings (SSSR count). The normalized spacial score (nSPS) is 16.1. The third-order valence-electron chi connectivity index (χ3n) is 3.14. The molecule has 1 aromatic carbocycles. The smallest absolute Gasteiger partial charge is 0.396 e. The molecule has 1 aliphatic rings.